The van der Waals surface area contributed by atoms with Gasteiger partial charge in [0.1, 0.15) is 5.60 Å². The van der Waals surface area contributed by atoms with Crippen LogP contribution in [0.2, 0.25) is 0 Å². The topological polar surface area (TPSA) is 58.2 Å². The number of fused-ring (bicyclic) bond motifs is 1. The maximum Gasteiger partial charge on any atom is 0.311 e. The molecule has 1 N–H and O–H groups in total. The Hall–Kier alpha value is -2.04. The van der Waals surface area contributed by atoms with E-state index in [0.29, 0.717) is 6.54 Å². The van der Waals surface area contributed by atoms with Crippen LogP contribution in [0.3, 0.4) is 0 Å². The molecule has 22 heavy (non-hydrogen) atoms. The second-order valence-corrected chi connectivity index (χ2v) is 6.90. The molecule has 0 amide bonds. The summed E-state index contributed by atoms with van der Waals surface area (Å²) in [6.45, 7) is 7.30. The molecular weight excluding hydrogens is 278 g/mol. The van der Waals surface area contributed by atoms with Gasteiger partial charge >= 0.3 is 5.97 Å². The molecular formula is C17H23N3O2. The Balaban J connectivity index is 1.74. The molecule has 0 unspecified atom stereocenters. The number of esters is 1. The van der Waals surface area contributed by atoms with Gasteiger partial charge in [-0.25, -0.2) is 4.98 Å². The number of aromatic amines is 1. The lowest BCUT2D eigenvalue weighted by Crippen LogP contribution is -2.41. The van der Waals surface area contributed by atoms with Gasteiger partial charge < -0.3 is 14.6 Å². The summed E-state index contributed by atoms with van der Waals surface area (Å²) >= 11 is 0. The molecule has 3 rings (SSSR count). The number of rotatable bonds is 2. The molecule has 1 atom stereocenters. The van der Waals surface area contributed by atoms with Gasteiger partial charge in [0.2, 0.25) is 5.95 Å². The van der Waals surface area contributed by atoms with E-state index in [1.54, 1.807) is 0 Å². The van der Waals surface area contributed by atoms with Gasteiger partial charge in [-0.15, -0.1) is 0 Å². The zero-order chi connectivity index (χ0) is 15.7. The number of aromatic nitrogens is 2. The van der Waals surface area contributed by atoms with Gasteiger partial charge in [-0.3, -0.25) is 4.79 Å². The zero-order valence-corrected chi connectivity index (χ0v) is 13.4. The Morgan fingerprint density at radius 2 is 2.14 bits per heavy atom. The second-order valence-electron chi connectivity index (χ2n) is 6.90. The van der Waals surface area contributed by atoms with Crippen LogP contribution in [0.5, 0.6) is 0 Å². The van der Waals surface area contributed by atoms with Crippen LogP contribution >= 0.6 is 0 Å². The van der Waals surface area contributed by atoms with E-state index < -0.39 is 5.60 Å². The number of piperidine rings is 1. The molecule has 2 heterocycles. The van der Waals surface area contributed by atoms with Gasteiger partial charge in [-0.2, -0.15) is 0 Å². The van der Waals surface area contributed by atoms with Crippen LogP contribution in [0.1, 0.15) is 33.6 Å². The number of H-pyrrole nitrogens is 1. The molecule has 1 aromatic heterocycles. The number of nitrogens with one attached hydrogen (secondary N) is 1. The van der Waals surface area contributed by atoms with Crippen molar-refractivity contribution in [3.63, 3.8) is 0 Å². The Kier molecular flexibility index (Phi) is 3.81. The smallest absolute Gasteiger partial charge is 0.311 e. The van der Waals surface area contributed by atoms with E-state index >= 15 is 0 Å². The van der Waals surface area contributed by atoms with Crippen LogP contribution < -0.4 is 4.90 Å². The van der Waals surface area contributed by atoms with Crippen molar-refractivity contribution in [3.8, 4) is 0 Å². The molecule has 1 aliphatic rings. The molecule has 1 fully saturated rings. The average molecular weight is 301 g/mol. The second kappa shape index (κ2) is 5.63. The molecule has 1 aliphatic heterocycles. The third kappa shape index (κ3) is 3.24. The Morgan fingerprint density at radius 3 is 2.86 bits per heavy atom. The summed E-state index contributed by atoms with van der Waals surface area (Å²) < 4.78 is 5.52. The quantitative estimate of drug-likeness (QED) is 0.866. The van der Waals surface area contributed by atoms with Gasteiger partial charge in [0.05, 0.1) is 17.0 Å². The lowest BCUT2D eigenvalue weighted by molar-refractivity contribution is -0.160. The van der Waals surface area contributed by atoms with Gasteiger partial charge in [0.25, 0.3) is 0 Å². The molecule has 0 radical (unpaired) electrons. The number of benzene rings is 1. The number of nitrogens with zero attached hydrogens (tertiary/aromatic N) is 2. The minimum absolute atomic E-state index is 0.0822. The number of carbonyl (C=O) groups excluding carboxylic acids is 1. The lowest BCUT2D eigenvalue weighted by atomic mass is 9.98. The first-order valence-corrected chi connectivity index (χ1v) is 7.85. The third-order valence-electron chi connectivity index (χ3n) is 3.84. The molecule has 1 aromatic carbocycles. The maximum atomic E-state index is 12.3. The van der Waals surface area contributed by atoms with Crippen molar-refractivity contribution in [2.45, 2.75) is 39.2 Å². The lowest BCUT2D eigenvalue weighted by Gasteiger charge is -2.32. The number of para-hydroxylation sites is 2. The molecule has 0 saturated carbocycles. The first-order valence-electron chi connectivity index (χ1n) is 7.85. The summed E-state index contributed by atoms with van der Waals surface area (Å²) in [5.74, 6) is 0.656. The highest BCUT2D eigenvalue weighted by molar-refractivity contribution is 5.78. The van der Waals surface area contributed by atoms with Crippen LogP contribution in [0.4, 0.5) is 5.95 Å². The molecule has 118 valence electrons. The highest BCUT2D eigenvalue weighted by Gasteiger charge is 2.30. The molecule has 0 spiro atoms. The van der Waals surface area contributed by atoms with E-state index in [2.05, 4.69) is 14.9 Å². The fraction of sp³-hybridized carbons (Fsp3) is 0.529. The van der Waals surface area contributed by atoms with E-state index in [1.807, 2.05) is 45.0 Å². The summed E-state index contributed by atoms with van der Waals surface area (Å²) in [7, 11) is 0. The molecule has 0 aliphatic carbocycles. The highest BCUT2D eigenvalue weighted by Crippen LogP contribution is 2.25. The molecule has 0 bridgehead atoms. The number of carbonyl (C=O) groups is 1. The van der Waals surface area contributed by atoms with Crippen molar-refractivity contribution in [2.24, 2.45) is 5.92 Å². The van der Waals surface area contributed by atoms with Crippen molar-refractivity contribution in [3.05, 3.63) is 24.3 Å². The monoisotopic (exact) mass is 301 g/mol. The molecule has 1 saturated heterocycles. The largest absolute Gasteiger partial charge is 0.460 e. The molecule has 2 aromatic rings. The zero-order valence-electron chi connectivity index (χ0n) is 13.4. The number of anilines is 1. The van der Waals surface area contributed by atoms with Crippen LogP contribution in [0.25, 0.3) is 11.0 Å². The van der Waals surface area contributed by atoms with Gasteiger partial charge in [0, 0.05) is 13.1 Å². The van der Waals surface area contributed by atoms with Crippen LogP contribution in [-0.2, 0) is 9.53 Å². The normalized spacial score (nSPS) is 19.4. The summed E-state index contributed by atoms with van der Waals surface area (Å²) in [4.78, 5) is 22.4. The van der Waals surface area contributed by atoms with E-state index in [9.17, 15) is 4.79 Å². The van der Waals surface area contributed by atoms with Crippen molar-refractivity contribution in [2.75, 3.05) is 18.0 Å². The minimum atomic E-state index is -0.432. The van der Waals surface area contributed by atoms with Crippen LogP contribution in [0.15, 0.2) is 24.3 Å². The first-order chi connectivity index (χ1) is 10.4. The summed E-state index contributed by atoms with van der Waals surface area (Å²) in [6.07, 6.45) is 1.85. The standard InChI is InChI=1S/C17H23N3O2/c1-17(2,3)22-15(21)12-7-6-10-20(11-12)16-18-13-8-4-5-9-14(13)19-16/h4-5,8-9,12H,6-7,10-11H2,1-3H3,(H,18,19)/t12-/m1/s1. The van der Waals surface area contributed by atoms with Crippen LogP contribution in [-0.4, -0.2) is 34.6 Å². The Labute approximate surface area is 130 Å². The summed E-state index contributed by atoms with van der Waals surface area (Å²) in [6, 6.07) is 7.97. The fourth-order valence-corrected chi connectivity index (χ4v) is 2.84. The van der Waals surface area contributed by atoms with E-state index in [1.165, 1.54) is 0 Å². The van der Waals surface area contributed by atoms with Gasteiger partial charge in [-0.05, 0) is 45.7 Å². The number of hydrogen-bond acceptors (Lipinski definition) is 4. The highest BCUT2D eigenvalue weighted by atomic mass is 16.6. The average Bonchev–Trinajstić information content (AvgIpc) is 2.89. The van der Waals surface area contributed by atoms with Gasteiger partial charge in [-0.1, -0.05) is 12.1 Å². The van der Waals surface area contributed by atoms with E-state index in [0.717, 1.165) is 36.4 Å². The SMILES string of the molecule is CC(C)(C)OC(=O)[C@@H]1CCCN(c2nc3ccccc3[nH]2)C1. The Morgan fingerprint density at radius 1 is 1.36 bits per heavy atom. The number of hydrogen-bond donors (Lipinski definition) is 1. The van der Waals surface area contributed by atoms with Gasteiger partial charge in [0.15, 0.2) is 0 Å². The maximum absolute atomic E-state index is 12.3. The van der Waals surface area contributed by atoms with Crippen molar-refractivity contribution in [1.29, 1.82) is 0 Å². The summed E-state index contributed by atoms with van der Waals surface area (Å²) in [5, 5.41) is 0. The summed E-state index contributed by atoms with van der Waals surface area (Å²) in [5.41, 5.74) is 1.55. The van der Waals surface area contributed by atoms with Crippen molar-refractivity contribution in [1.82, 2.24) is 9.97 Å². The predicted molar refractivity (Wildman–Crippen MR) is 86.9 cm³/mol. The van der Waals surface area contributed by atoms with Crippen LogP contribution in [0, 0.1) is 5.92 Å². The van der Waals surface area contributed by atoms with E-state index in [4.69, 9.17) is 4.74 Å². The van der Waals surface area contributed by atoms with Crippen molar-refractivity contribution >= 4 is 23.0 Å². The minimum Gasteiger partial charge on any atom is -0.460 e. The third-order valence-corrected chi connectivity index (χ3v) is 3.84. The van der Waals surface area contributed by atoms with E-state index in [-0.39, 0.29) is 11.9 Å². The van der Waals surface area contributed by atoms with Crippen molar-refractivity contribution < 1.29 is 9.53 Å². The first kappa shape index (κ1) is 14.9. The number of imidazole rings is 1. The fourth-order valence-electron chi connectivity index (χ4n) is 2.84. The molecule has 5 heteroatoms. The molecule has 5 nitrogen and oxygen atoms in total. The predicted octanol–water partition coefficient (Wildman–Crippen LogP) is 3.12. The Bertz CT molecular complexity index is 639. The number of ether oxygens (including phenoxy) is 1.